The largest absolute Gasteiger partial charge is 0.282 e. The lowest BCUT2D eigenvalue weighted by Crippen LogP contribution is -2.30. The maximum absolute atomic E-state index is 14.2. The first-order chi connectivity index (χ1) is 15.8. The minimum Gasteiger partial charge on any atom is -0.282 e. The van der Waals surface area contributed by atoms with Crippen LogP contribution in [0.15, 0.2) is 71.8 Å². The molecule has 2 heterocycles. The number of anilines is 1. The lowest BCUT2D eigenvalue weighted by atomic mass is 10.2. The van der Waals surface area contributed by atoms with Gasteiger partial charge in [-0.15, -0.1) is 0 Å². The first-order valence-electron chi connectivity index (χ1n) is 10.4. The van der Waals surface area contributed by atoms with Gasteiger partial charge in [0.2, 0.25) is 5.91 Å². The Hall–Kier alpha value is -3.17. The number of aryl methyl sites for hydroxylation is 1. The molecule has 2 aromatic heterocycles. The van der Waals surface area contributed by atoms with Crippen molar-refractivity contribution in [3.63, 3.8) is 0 Å². The molecule has 0 unspecified atom stereocenters. The van der Waals surface area contributed by atoms with E-state index in [0.29, 0.717) is 15.5 Å². The molecule has 0 spiro atoms. The van der Waals surface area contributed by atoms with E-state index in [1.807, 2.05) is 13.0 Å². The van der Waals surface area contributed by atoms with Gasteiger partial charge in [0.1, 0.15) is 11.3 Å². The second-order valence-electron chi connectivity index (χ2n) is 7.62. The maximum atomic E-state index is 14.2. The van der Waals surface area contributed by atoms with Crippen molar-refractivity contribution >= 4 is 42.4 Å². The number of hydrogen-bond donors (Lipinski definition) is 0. The lowest BCUT2D eigenvalue weighted by Gasteiger charge is -2.19. The number of pyridine rings is 1. The van der Waals surface area contributed by atoms with E-state index in [1.54, 1.807) is 54.7 Å². The molecule has 0 fully saturated rings. The average Bonchev–Trinajstić information content (AvgIpc) is 3.23. The standard InChI is InChI=1S/C24H22FN3O3S2/c1-17-10-12-19(13-11-17)33(30,31)15-5-9-22(29)28(16-18-6-2-3-14-26-18)24-27-23-20(25)7-4-8-21(23)32-24/h2-4,6-8,10-14H,5,9,15-16H2,1H3. The van der Waals surface area contributed by atoms with Crippen molar-refractivity contribution in [1.29, 1.82) is 0 Å². The van der Waals surface area contributed by atoms with E-state index in [0.717, 1.165) is 5.56 Å². The number of nitrogens with zero attached hydrogens (tertiary/aromatic N) is 3. The van der Waals surface area contributed by atoms with E-state index >= 15 is 0 Å². The van der Waals surface area contributed by atoms with Crippen LogP contribution in [0.2, 0.25) is 0 Å². The zero-order valence-electron chi connectivity index (χ0n) is 17.9. The highest BCUT2D eigenvalue weighted by Crippen LogP contribution is 2.31. The molecule has 0 saturated carbocycles. The first kappa shape index (κ1) is 23.0. The Balaban J connectivity index is 1.53. The van der Waals surface area contributed by atoms with Crippen LogP contribution in [0.1, 0.15) is 24.1 Å². The van der Waals surface area contributed by atoms with Crippen LogP contribution in [0.3, 0.4) is 0 Å². The Bertz CT molecular complexity index is 1370. The summed E-state index contributed by atoms with van der Waals surface area (Å²) >= 11 is 1.21. The summed E-state index contributed by atoms with van der Waals surface area (Å²) in [6, 6.07) is 16.7. The van der Waals surface area contributed by atoms with Gasteiger partial charge in [-0.25, -0.2) is 17.8 Å². The van der Waals surface area contributed by atoms with Gasteiger partial charge in [0.25, 0.3) is 0 Å². The van der Waals surface area contributed by atoms with Gasteiger partial charge in [-0.05, 0) is 49.7 Å². The molecule has 0 aliphatic heterocycles. The zero-order chi connectivity index (χ0) is 23.4. The summed E-state index contributed by atoms with van der Waals surface area (Å²) in [5.74, 6) is -0.892. The second kappa shape index (κ2) is 9.76. The molecule has 0 radical (unpaired) electrons. The molecule has 0 N–H and O–H groups in total. The molecular weight excluding hydrogens is 461 g/mol. The molecule has 1 amide bonds. The number of para-hydroxylation sites is 1. The number of amides is 1. The van der Waals surface area contributed by atoms with Crippen molar-refractivity contribution in [3.8, 4) is 0 Å². The van der Waals surface area contributed by atoms with E-state index in [-0.39, 0.29) is 41.5 Å². The molecule has 0 saturated heterocycles. The minimum absolute atomic E-state index is 0.0103. The third-order valence-electron chi connectivity index (χ3n) is 5.12. The molecule has 4 rings (SSSR count). The highest BCUT2D eigenvalue weighted by Gasteiger charge is 2.23. The van der Waals surface area contributed by atoms with Gasteiger partial charge in [0.05, 0.1) is 27.6 Å². The summed E-state index contributed by atoms with van der Waals surface area (Å²) in [6.45, 7) is 2.05. The van der Waals surface area contributed by atoms with Crippen LogP contribution in [-0.2, 0) is 21.2 Å². The van der Waals surface area contributed by atoms with Gasteiger partial charge in [0, 0.05) is 12.6 Å². The highest BCUT2D eigenvalue weighted by molar-refractivity contribution is 7.91. The van der Waals surface area contributed by atoms with E-state index in [2.05, 4.69) is 9.97 Å². The van der Waals surface area contributed by atoms with Crippen molar-refractivity contribution in [2.75, 3.05) is 10.7 Å². The Kier molecular flexibility index (Phi) is 6.80. The van der Waals surface area contributed by atoms with Gasteiger partial charge in [-0.1, -0.05) is 41.2 Å². The Morgan fingerprint density at radius 3 is 2.55 bits per heavy atom. The molecule has 0 bridgehead atoms. The Labute approximate surface area is 195 Å². The molecule has 170 valence electrons. The normalized spacial score (nSPS) is 11.6. The monoisotopic (exact) mass is 483 g/mol. The number of carbonyl (C=O) groups excluding carboxylic acids is 1. The van der Waals surface area contributed by atoms with Crippen LogP contribution in [0.4, 0.5) is 9.52 Å². The van der Waals surface area contributed by atoms with Crippen LogP contribution < -0.4 is 4.90 Å². The van der Waals surface area contributed by atoms with Gasteiger partial charge in [0.15, 0.2) is 15.0 Å². The summed E-state index contributed by atoms with van der Waals surface area (Å²) in [5, 5.41) is 0.354. The summed E-state index contributed by atoms with van der Waals surface area (Å²) in [4.78, 5) is 23.5. The maximum Gasteiger partial charge on any atom is 0.229 e. The molecule has 0 aliphatic rings. The fourth-order valence-corrected chi connectivity index (χ4v) is 5.65. The van der Waals surface area contributed by atoms with Gasteiger partial charge < -0.3 is 0 Å². The van der Waals surface area contributed by atoms with Crippen molar-refractivity contribution < 1.29 is 17.6 Å². The molecule has 33 heavy (non-hydrogen) atoms. The molecule has 2 aromatic carbocycles. The topological polar surface area (TPSA) is 80.2 Å². The molecule has 0 aliphatic carbocycles. The number of aromatic nitrogens is 2. The van der Waals surface area contributed by atoms with Crippen LogP contribution in [0, 0.1) is 12.7 Å². The number of thiazole rings is 1. The Morgan fingerprint density at radius 1 is 1.06 bits per heavy atom. The van der Waals surface area contributed by atoms with E-state index in [9.17, 15) is 17.6 Å². The molecule has 6 nitrogen and oxygen atoms in total. The number of halogens is 1. The lowest BCUT2D eigenvalue weighted by molar-refractivity contribution is -0.118. The van der Waals surface area contributed by atoms with E-state index < -0.39 is 15.7 Å². The van der Waals surface area contributed by atoms with Crippen molar-refractivity contribution in [2.45, 2.75) is 31.2 Å². The number of fused-ring (bicyclic) bond motifs is 1. The summed E-state index contributed by atoms with van der Waals surface area (Å²) in [6.07, 6.45) is 1.80. The number of hydrogen-bond acceptors (Lipinski definition) is 6. The fraction of sp³-hybridized carbons (Fsp3) is 0.208. The quantitative estimate of drug-likeness (QED) is 0.355. The third kappa shape index (κ3) is 5.43. The van der Waals surface area contributed by atoms with E-state index in [1.165, 1.54) is 22.3 Å². The average molecular weight is 484 g/mol. The molecular formula is C24H22FN3O3S2. The zero-order valence-corrected chi connectivity index (χ0v) is 19.6. The van der Waals surface area contributed by atoms with Crippen LogP contribution in [0.25, 0.3) is 10.2 Å². The van der Waals surface area contributed by atoms with Crippen LogP contribution >= 0.6 is 11.3 Å². The van der Waals surface area contributed by atoms with Crippen LogP contribution in [0.5, 0.6) is 0 Å². The van der Waals surface area contributed by atoms with Crippen LogP contribution in [-0.4, -0.2) is 30.0 Å². The smallest absolute Gasteiger partial charge is 0.229 e. The van der Waals surface area contributed by atoms with Crippen molar-refractivity contribution in [3.05, 3.63) is 83.9 Å². The fourth-order valence-electron chi connectivity index (χ4n) is 3.35. The molecule has 9 heteroatoms. The second-order valence-corrected chi connectivity index (χ2v) is 10.7. The predicted molar refractivity (Wildman–Crippen MR) is 127 cm³/mol. The summed E-state index contributed by atoms with van der Waals surface area (Å²) in [7, 11) is -3.49. The highest BCUT2D eigenvalue weighted by atomic mass is 32.2. The van der Waals surface area contributed by atoms with Gasteiger partial charge in [-0.2, -0.15) is 0 Å². The number of sulfone groups is 1. The third-order valence-corrected chi connectivity index (χ3v) is 7.98. The summed E-state index contributed by atoms with van der Waals surface area (Å²) in [5.41, 5.74) is 1.83. The van der Waals surface area contributed by atoms with Crippen molar-refractivity contribution in [1.82, 2.24) is 9.97 Å². The molecule has 0 atom stereocenters. The number of carbonyl (C=O) groups is 1. The Morgan fingerprint density at radius 2 is 1.85 bits per heavy atom. The summed E-state index contributed by atoms with van der Waals surface area (Å²) < 4.78 is 40.1. The number of benzene rings is 2. The number of rotatable bonds is 8. The van der Waals surface area contributed by atoms with Gasteiger partial charge >= 0.3 is 0 Å². The van der Waals surface area contributed by atoms with Crippen molar-refractivity contribution in [2.24, 2.45) is 0 Å². The van der Waals surface area contributed by atoms with E-state index in [4.69, 9.17) is 0 Å². The first-order valence-corrected chi connectivity index (χ1v) is 12.8. The molecule has 4 aromatic rings. The minimum atomic E-state index is -3.49. The SMILES string of the molecule is Cc1ccc(S(=O)(=O)CCCC(=O)N(Cc2ccccn2)c2nc3c(F)cccc3s2)cc1. The van der Waals surface area contributed by atoms with Gasteiger partial charge in [-0.3, -0.25) is 14.7 Å². The predicted octanol–water partition coefficient (Wildman–Crippen LogP) is 4.93.